The average Bonchev–Trinajstić information content (AvgIpc) is 2.29. The summed E-state index contributed by atoms with van der Waals surface area (Å²) < 4.78 is 5.34. The first-order chi connectivity index (χ1) is 7.70. The van der Waals surface area contributed by atoms with E-state index in [1.54, 1.807) is 0 Å². The number of anilines is 1. The Balaban J connectivity index is 2.20. The third-order valence-electron chi connectivity index (χ3n) is 2.90. The third kappa shape index (κ3) is 2.17. The van der Waals surface area contributed by atoms with Crippen molar-refractivity contribution in [1.29, 1.82) is 5.26 Å². The molecule has 0 bridgehead atoms. The Hall–Kier alpha value is -1.53. The lowest BCUT2D eigenvalue weighted by Gasteiger charge is -2.32. The summed E-state index contributed by atoms with van der Waals surface area (Å²) in [7, 11) is 0. The molecule has 1 aliphatic rings. The van der Waals surface area contributed by atoms with Crippen molar-refractivity contribution in [2.45, 2.75) is 20.0 Å². The maximum atomic E-state index is 8.87. The van der Waals surface area contributed by atoms with Crippen LogP contribution in [0.2, 0.25) is 0 Å². The molecular weight excluding hydrogens is 200 g/mol. The molecule has 1 aromatic carbocycles. The third-order valence-corrected chi connectivity index (χ3v) is 2.90. The largest absolute Gasteiger partial charge is 0.365 e. The Labute approximate surface area is 96.2 Å². The number of nitrogens with zero attached hydrogens (tertiary/aromatic N) is 2. The lowest BCUT2D eigenvalue weighted by molar-refractivity contribution is 0.0764. The van der Waals surface area contributed by atoms with Crippen molar-refractivity contribution in [2.75, 3.05) is 24.6 Å². The predicted octanol–water partition coefficient (Wildman–Crippen LogP) is 2.03. The van der Waals surface area contributed by atoms with Gasteiger partial charge in [-0.15, -0.1) is 0 Å². The number of morpholine rings is 1. The molecule has 0 aliphatic carbocycles. The van der Waals surface area contributed by atoms with Gasteiger partial charge < -0.3 is 9.64 Å². The molecule has 0 radical (unpaired) electrons. The summed E-state index contributed by atoms with van der Waals surface area (Å²) in [5, 5.41) is 8.87. The van der Waals surface area contributed by atoms with Gasteiger partial charge >= 0.3 is 0 Å². The lowest BCUT2D eigenvalue weighted by atomic mass is 10.1. The second-order valence-electron chi connectivity index (χ2n) is 4.22. The van der Waals surface area contributed by atoms with E-state index in [2.05, 4.69) is 43.0 Å². The quantitative estimate of drug-likeness (QED) is 0.720. The molecule has 3 heteroatoms. The molecule has 0 N–H and O–H groups in total. The van der Waals surface area contributed by atoms with Crippen LogP contribution in [0, 0.1) is 25.2 Å². The maximum absolute atomic E-state index is 8.87. The zero-order valence-electron chi connectivity index (χ0n) is 9.73. The lowest BCUT2D eigenvalue weighted by Crippen LogP contribution is -2.42. The van der Waals surface area contributed by atoms with Crippen LogP contribution in [0.4, 0.5) is 5.69 Å². The summed E-state index contributed by atoms with van der Waals surface area (Å²) in [5.74, 6) is 0. The highest BCUT2D eigenvalue weighted by atomic mass is 16.5. The van der Waals surface area contributed by atoms with Crippen LogP contribution in [0.3, 0.4) is 0 Å². The molecular formula is C13H16N2O. The molecule has 1 unspecified atom stereocenters. The molecule has 84 valence electrons. The highest BCUT2D eigenvalue weighted by molar-refractivity contribution is 5.54. The van der Waals surface area contributed by atoms with Crippen molar-refractivity contribution in [3.05, 3.63) is 29.3 Å². The SMILES string of the molecule is Cc1ccc(N2CCOC(C#N)C2)c(C)c1. The predicted molar refractivity (Wildman–Crippen MR) is 63.5 cm³/mol. The van der Waals surface area contributed by atoms with E-state index < -0.39 is 0 Å². The number of hydrogen-bond acceptors (Lipinski definition) is 3. The average molecular weight is 216 g/mol. The van der Waals surface area contributed by atoms with Gasteiger partial charge in [-0.2, -0.15) is 5.26 Å². The molecule has 0 amide bonds. The van der Waals surface area contributed by atoms with Gasteiger partial charge in [0, 0.05) is 12.2 Å². The number of rotatable bonds is 1. The van der Waals surface area contributed by atoms with E-state index in [4.69, 9.17) is 10.00 Å². The van der Waals surface area contributed by atoms with Crippen LogP contribution in [0.5, 0.6) is 0 Å². The smallest absolute Gasteiger partial charge is 0.161 e. The van der Waals surface area contributed by atoms with Crippen molar-refractivity contribution < 1.29 is 4.74 Å². The summed E-state index contributed by atoms with van der Waals surface area (Å²) >= 11 is 0. The minimum Gasteiger partial charge on any atom is -0.365 e. The summed E-state index contributed by atoms with van der Waals surface area (Å²) in [6, 6.07) is 8.58. The van der Waals surface area contributed by atoms with Crippen LogP contribution in [0.25, 0.3) is 0 Å². The Bertz CT molecular complexity index is 422. The van der Waals surface area contributed by atoms with Crippen molar-refractivity contribution in [2.24, 2.45) is 0 Å². The van der Waals surface area contributed by atoms with E-state index in [0.717, 1.165) is 6.54 Å². The van der Waals surface area contributed by atoms with Crippen molar-refractivity contribution in [1.82, 2.24) is 0 Å². The van der Waals surface area contributed by atoms with Gasteiger partial charge in [0.15, 0.2) is 6.10 Å². The van der Waals surface area contributed by atoms with Crippen LogP contribution < -0.4 is 4.90 Å². The normalized spacial score (nSPS) is 20.6. The van der Waals surface area contributed by atoms with Gasteiger partial charge in [-0.1, -0.05) is 17.7 Å². The van der Waals surface area contributed by atoms with Crippen molar-refractivity contribution in [3.8, 4) is 6.07 Å². The van der Waals surface area contributed by atoms with E-state index in [0.29, 0.717) is 13.2 Å². The maximum Gasteiger partial charge on any atom is 0.161 e. The van der Waals surface area contributed by atoms with E-state index in [-0.39, 0.29) is 6.10 Å². The van der Waals surface area contributed by atoms with Gasteiger partial charge in [-0.3, -0.25) is 0 Å². The first kappa shape index (κ1) is 11.0. The number of ether oxygens (including phenoxy) is 1. The molecule has 1 atom stereocenters. The molecule has 1 saturated heterocycles. The molecule has 0 spiro atoms. The topological polar surface area (TPSA) is 36.3 Å². The molecule has 0 aromatic heterocycles. The van der Waals surface area contributed by atoms with Crippen LogP contribution in [0.1, 0.15) is 11.1 Å². The van der Waals surface area contributed by atoms with E-state index >= 15 is 0 Å². The van der Waals surface area contributed by atoms with Crippen LogP contribution >= 0.6 is 0 Å². The Morgan fingerprint density at radius 1 is 1.44 bits per heavy atom. The zero-order chi connectivity index (χ0) is 11.5. The minimum absolute atomic E-state index is 0.297. The second kappa shape index (κ2) is 4.54. The highest BCUT2D eigenvalue weighted by Gasteiger charge is 2.20. The van der Waals surface area contributed by atoms with E-state index in [1.165, 1.54) is 16.8 Å². The first-order valence-electron chi connectivity index (χ1n) is 5.54. The highest BCUT2D eigenvalue weighted by Crippen LogP contribution is 2.23. The summed E-state index contributed by atoms with van der Waals surface area (Å²) in [6.45, 7) is 6.36. The Morgan fingerprint density at radius 2 is 2.25 bits per heavy atom. The van der Waals surface area contributed by atoms with Crippen LogP contribution in [-0.2, 0) is 4.74 Å². The van der Waals surface area contributed by atoms with Gasteiger partial charge in [0.2, 0.25) is 0 Å². The molecule has 1 aromatic rings. The Kier molecular flexibility index (Phi) is 3.12. The number of hydrogen-bond donors (Lipinski definition) is 0. The standard InChI is InChI=1S/C13H16N2O/c1-10-3-4-13(11(2)7-10)15-5-6-16-12(8-14)9-15/h3-4,7,12H,5-6,9H2,1-2H3. The number of aryl methyl sites for hydroxylation is 2. The fraction of sp³-hybridized carbons (Fsp3) is 0.462. The molecule has 16 heavy (non-hydrogen) atoms. The minimum atomic E-state index is -0.297. The summed E-state index contributed by atoms with van der Waals surface area (Å²) in [6.07, 6.45) is -0.297. The van der Waals surface area contributed by atoms with Gasteiger partial charge in [0.05, 0.1) is 19.2 Å². The summed E-state index contributed by atoms with van der Waals surface area (Å²) in [5.41, 5.74) is 3.75. The monoisotopic (exact) mass is 216 g/mol. The second-order valence-corrected chi connectivity index (χ2v) is 4.22. The van der Waals surface area contributed by atoms with Gasteiger partial charge in [0.25, 0.3) is 0 Å². The van der Waals surface area contributed by atoms with Gasteiger partial charge in [-0.05, 0) is 25.5 Å². The number of nitriles is 1. The van der Waals surface area contributed by atoms with E-state index in [9.17, 15) is 0 Å². The molecule has 1 heterocycles. The van der Waals surface area contributed by atoms with Crippen molar-refractivity contribution >= 4 is 5.69 Å². The Morgan fingerprint density at radius 3 is 2.94 bits per heavy atom. The number of benzene rings is 1. The molecule has 0 saturated carbocycles. The fourth-order valence-corrected chi connectivity index (χ4v) is 2.11. The zero-order valence-corrected chi connectivity index (χ0v) is 9.73. The molecule has 1 fully saturated rings. The van der Waals surface area contributed by atoms with Gasteiger partial charge in [-0.25, -0.2) is 0 Å². The molecule has 1 aliphatic heterocycles. The summed E-state index contributed by atoms with van der Waals surface area (Å²) in [4.78, 5) is 2.23. The fourth-order valence-electron chi connectivity index (χ4n) is 2.11. The molecule has 3 nitrogen and oxygen atoms in total. The van der Waals surface area contributed by atoms with Crippen molar-refractivity contribution in [3.63, 3.8) is 0 Å². The first-order valence-corrected chi connectivity index (χ1v) is 5.54. The van der Waals surface area contributed by atoms with Crippen LogP contribution in [0.15, 0.2) is 18.2 Å². The van der Waals surface area contributed by atoms with Gasteiger partial charge in [0.1, 0.15) is 0 Å². The van der Waals surface area contributed by atoms with E-state index in [1.807, 2.05) is 0 Å². The molecule has 2 rings (SSSR count). The van der Waals surface area contributed by atoms with Crippen LogP contribution in [-0.4, -0.2) is 25.8 Å².